The number of hydrogen-bond donors (Lipinski definition) is 0. The van der Waals surface area contributed by atoms with Crippen LogP contribution in [0.15, 0.2) is 24.3 Å². The Bertz CT molecular complexity index is 1150. The van der Waals surface area contributed by atoms with Crippen LogP contribution >= 0.6 is 0 Å². The van der Waals surface area contributed by atoms with Crippen LogP contribution in [-0.4, -0.2) is 87.2 Å². The van der Waals surface area contributed by atoms with E-state index in [2.05, 4.69) is 4.74 Å². The number of halogens is 11. The molecule has 0 bridgehead atoms. The molecule has 268 valence electrons. The Kier molecular flexibility index (Phi) is 14.1. The number of anilines is 1. The van der Waals surface area contributed by atoms with Crippen LogP contribution in [-0.2, 0) is 21.9 Å². The number of alkyl halides is 11. The van der Waals surface area contributed by atoms with Gasteiger partial charge >= 0.3 is 45.0 Å². The largest absolute Gasteiger partial charge is 0.468 e. The highest BCUT2D eigenvalue weighted by Gasteiger charge is 2.80. The van der Waals surface area contributed by atoms with Crippen molar-refractivity contribution in [2.45, 2.75) is 101 Å². The minimum Gasteiger partial charge on any atom is -0.420 e. The van der Waals surface area contributed by atoms with Crippen LogP contribution in [0.5, 0.6) is 0 Å². The molecule has 46 heavy (non-hydrogen) atoms. The van der Waals surface area contributed by atoms with E-state index in [9.17, 15) is 53.1 Å². The highest BCUT2D eigenvalue weighted by atomic mass is 28.5. The van der Waals surface area contributed by atoms with E-state index in [0.29, 0.717) is 30.7 Å². The maximum Gasteiger partial charge on any atom is 0.468 e. The van der Waals surface area contributed by atoms with Crippen molar-refractivity contribution in [1.29, 1.82) is 0 Å². The van der Waals surface area contributed by atoms with E-state index in [-0.39, 0.29) is 4.90 Å². The second-order valence-electron chi connectivity index (χ2n) is 12.1. The van der Waals surface area contributed by atoms with Gasteiger partial charge in [0, 0.05) is 18.8 Å². The van der Waals surface area contributed by atoms with Crippen LogP contribution < -0.4 is 10.1 Å². The smallest absolute Gasteiger partial charge is 0.420 e. The van der Waals surface area contributed by atoms with Gasteiger partial charge in [-0.25, -0.2) is 0 Å². The van der Waals surface area contributed by atoms with E-state index in [1.54, 1.807) is 6.07 Å². The SMILES string of the molecule is CN(C(=O)C(F)(OC(F)(F)C(F)(F)C(F)(F)F)C(F)(F)F)c1cccc([Si](C)(C)CCC[Si](O[SiH](C)C)(O[SiH](C)C)O[SiH](C)C)c1. The Labute approximate surface area is 268 Å². The third-order valence-electron chi connectivity index (χ3n) is 6.48. The van der Waals surface area contributed by atoms with E-state index < -0.39 is 85.8 Å². The van der Waals surface area contributed by atoms with Gasteiger partial charge in [-0.2, -0.15) is 48.3 Å². The third kappa shape index (κ3) is 10.4. The lowest BCUT2D eigenvalue weighted by atomic mass is 10.2. The monoisotopic (exact) mass is 771 g/mol. The fraction of sp³-hybridized carbons (Fsp3) is 0.708. The molecule has 0 aliphatic heterocycles. The van der Waals surface area contributed by atoms with Crippen molar-refractivity contribution in [2.24, 2.45) is 0 Å². The fourth-order valence-electron chi connectivity index (χ4n) is 4.33. The Morgan fingerprint density at radius 1 is 0.761 bits per heavy atom. The normalized spacial score (nSPS) is 15.5. The summed E-state index contributed by atoms with van der Waals surface area (Å²) in [6.07, 6.45) is -20.5. The van der Waals surface area contributed by atoms with Gasteiger partial charge in [0.2, 0.25) is 0 Å². The lowest BCUT2D eigenvalue weighted by molar-refractivity contribution is -0.472. The highest BCUT2D eigenvalue weighted by molar-refractivity contribution is 6.90. The molecule has 1 aromatic rings. The molecule has 0 fully saturated rings. The molecule has 0 aliphatic carbocycles. The summed E-state index contributed by atoms with van der Waals surface area (Å²) < 4.78 is 169. The van der Waals surface area contributed by atoms with E-state index in [4.69, 9.17) is 12.3 Å². The van der Waals surface area contributed by atoms with Crippen LogP contribution in [0.25, 0.3) is 0 Å². The van der Waals surface area contributed by atoms with Crippen LogP contribution in [0, 0.1) is 0 Å². The summed E-state index contributed by atoms with van der Waals surface area (Å²) in [6.45, 7) is 15.8. The number of carbonyl (C=O) groups is 1. The maximum absolute atomic E-state index is 15.0. The van der Waals surface area contributed by atoms with Crippen LogP contribution in [0.3, 0.4) is 0 Å². The molecule has 0 saturated heterocycles. The van der Waals surface area contributed by atoms with Gasteiger partial charge in [0.25, 0.3) is 0 Å². The fourth-order valence-corrected chi connectivity index (χ4v) is 19.9. The second-order valence-corrected chi connectivity index (χ2v) is 28.0. The van der Waals surface area contributed by atoms with Crippen molar-refractivity contribution in [3.8, 4) is 0 Å². The van der Waals surface area contributed by atoms with Gasteiger partial charge in [0.1, 0.15) is 0 Å². The lowest BCUT2D eigenvalue weighted by Crippen LogP contribution is -2.63. The number of benzene rings is 1. The first-order valence-electron chi connectivity index (χ1n) is 14.1. The van der Waals surface area contributed by atoms with Gasteiger partial charge in [0.05, 0.1) is 8.07 Å². The van der Waals surface area contributed by atoms with Gasteiger partial charge in [-0.3, -0.25) is 9.53 Å². The topological polar surface area (TPSA) is 57.2 Å². The third-order valence-corrected chi connectivity index (χ3v) is 20.9. The Balaban J connectivity index is 3.37. The van der Waals surface area contributed by atoms with Crippen LogP contribution in [0.2, 0.25) is 64.5 Å². The zero-order valence-electron chi connectivity index (χ0n) is 26.8. The molecule has 1 unspecified atom stereocenters. The summed E-state index contributed by atoms with van der Waals surface area (Å²) in [5.74, 6) is -16.6. The molecule has 1 amide bonds. The van der Waals surface area contributed by atoms with Crippen molar-refractivity contribution >= 4 is 60.8 Å². The number of amides is 1. The number of carbonyl (C=O) groups excluding carboxylic acids is 1. The van der Waals surface area contributed by atoms with E-state index >= 15 is 0 Å². The Morgan fingerprint density at radius 3 is 1.61 bits per heavy atom. The summed E-state index contributed by atoms with van der Waals surface area (Å²) in [4.78, 5) is 12.5. The molecule has 0 aliphatic rings. The molecule has 6 nitrogen and oxygen atoms in total. The molecule has 0 radical (unpaired) electrons. The molecule has 1 rings (SSSR count). The minimum absolute atomic E-state index is 0.134. The molecule has 0 saturated carbocycles. The number of likely N-dealkylation sites (N-methyl/N-ethyl adjacent to an activating group) is 1. The summed E-state index contributed by atoms with van der Waals surface area (Å²) in [5.41, 5.74) is -0.481. The summed E-state index contributed by atoms with van der Waals surface area (Å²) in [6, 6.07) is 6.15. The van der Waals surface area contributed by atoms with Crippen molar-refractivity contribution in [1.82, 2.24) is 0 Å². The predicted molar refractivity (Wildman–Crippen MR) is 164 cm³/mol. The zero-order valence-corrected chi connectivity index (χ0v) is 32.3. The van der Waals surface area contributed by atoms with E-state index in [1.807, 2.05) is 52.4 Å². The van der Waals surface area contributed by atoms with Crippen LogP contribution in [0.4, 0.5) is 54.0 Å². The van der Waals surface area contributed by atoms with E-state index in [0.717, 1.165) is 6.07 Å². The Hall–Kier alpha value is -1.16. The highest BCUT2D eigenvalue weighted by Crippen LogP contribution is 2.51. The molecular formula is C24H40F11NO5Si5. The Morgan fingerprint density at radius 2 is 1.22 bits per heavy atom. The molecule has 1 atom stereocenters. The van der Waals surface area contributed by atoms with Crippen molar-refractivity contribution < 1.29 is 70.2 Å². The zero-order chi connectivity index (χ0) is 36.3. The van der Waals surface area contributed by atoms with Gasteiger partial charge < -0.3 is 17.2 Å². The molecule has 0 aromatic heterocycles. The summed E-state index contributed by atoms with van der Waals surface area (Å²) in [5, 5.41) is 0.528. The van der Waals surface area contributed by atoms with Crippen molar-refractivity contribution in [2.75, 3.05) is 11.9 Å². The average Bonchev–Trinajstić information content (AvgIpc) is 2.84. The first-order chi connectivity index (χ1) is 20.4. The average molecular weight is 772 g/mol. The van der Waals surface area contributed by atoms with Crippen molar-refractivity contribution in [3.63, 3.8) is 0 Å². The second kappa shape index (κ2) is 15.2. The molecule has 22 heteroatoms. The first-order valence-corrected chi connectivity index (χ1v) is 27.6. The predicted octanol–water partition coefficient (Wildman–Crippen LogP) is 6.93. The van der Waals surface area contributed by atoms with Gasteiger partial charge in [-0.1, -0.05) is 42.9 Å². The van der Waals surface area contributed by atoms with Gasteiger partial charge in [-0.05, 0) is 51.4 Å². The number of hydrogen-bond acceptors (Lipinski definition) is 5. The maximum atomic E-state index is 15.0. The van der Waals surface area contributed by atoms with Gasteiger partial charge in [0.15, 0.2) is 27.1 Å². The quantitative estimate of drug-likeness (QED) is 0.135. The molecular weight excluding hydrogens is 732 g/mol. The molecule has 1 aromatic carbocycles. The summed E-state index contributed by atoms with van der Waals surface area (Å²) >= 11 is 0. The number of nitrogens with zero attached hydrogens (tertiary/aromatic N) is 1. The molecule has 0 spiro atoms. The summed E-state index contributed by atoms with van der Waals surface area (Å²) in [7, 11) is -9.75. The van der Waals surface area contributed by atoms with Gasteiger partial charge in [-0.15, -0.1) is 0 Å². The number of ether oxygens (including phenoxy) is 1. The van der Waals surface area contributed by atoms with E-state index in [1.165, 1.54) is 12.1 Å². The molecule has 0 N–H and O–H groups in total. The first kappa shape index (κ1) is 42.9. The van der Waals surface area contributed by atoms with Crippen molar-refractivity contribution in [3.05, 3.63) is 24.3 Å². The molecule has 0 heterocycles. The lowest BCUT2D eigenvalue weighted by Gasteiger charge is -2.36. The minimum atomic E-state index is -7.27. The standard InChI is InChI=1S/C24H40F11NO5Si5/c1-36(19(37)20(25,22(28,29)30)38-24(34,35)21(26,27)23(31,32)33)17-12-10-13-18(16-17)45(8,9)14-11-15-46(39-42(2)3,40-43(4)5)41-44(6)7/h10,12-13,16,42-44H,11,14-15H2,1-9H3. The number of rotatable bonds is 16. The van der Waals surface area contributed by atoms with Crippen LogP contribution in [0.1, 0.15) is 6.42 Å².